The summed E-state index contributed by atoms with van der Waals surface area (Å²) in [6.45, 7) is 14.6. The fourth-order valence-electron chi connectivity index (χ4n) is 6.26. The van der Waals surface area contributed by atoms with Crippen molar-refractivity contribution in [2.45, 2.75) is 89.4 Å². The summed E-state index contributed by atoms with van der Waals surface area (Å²) in [5.74, 6) is -0.789. The molecule has 7 nitrogen and oxygen atoms in total. The zero-order valence-corrected chi connectivity index (χ0v) is 25.9. The largest absolute Gasteiger partial charge is 0.481 e. The van der Waals surface area contributed by atoms with E-state index >= 15 is 0 Å². The van der Waals surface area contributed by atoms with Gasteiger partial charge in [0, 0.05) is 53.9 Å². The second-order valence-electron chi connectivity index (χ2n) is 12.2. The van der Waals surface area contributed by atoms with Crippen LogP contribution in [-0.2, 0) is 25.7 Å². The SMILES string of the molecule is CCC[N+]1=C(/C=C/C=C2/N(CCCCCC(=O)O)c3ccc(S(=O)(=O)O)cc3C2(C)C)C(C)(C)c2cc(C)ccc21. The average molecular weight is 580 g/mol. The van der Waals surface area contributed by atoms with Crippen LogP contribution in [-0.4, -0.2) is 47.4 Å². The summed E-state index contributed by atoms with van der Waals surface area (Å²) >= 11 is 0. The number of anilines is 1. The normalized spacial score (nSPS) is 18.4. The van der Waals surface area contributed by atoms with Gasteiger partial charge in [-0.3, -0.25) is 9.35 Å². The highest BCUT2D eigenvalue weighted by molar-refractivity contribution is 7.85. The first-order chi connectivity index (χ1) is 19.2. The van der Waals surface area contributed by atoms with Gasteiger partial charge < -0.3 is 10.0 Å². The molecule has 4 rings (SSSR count). The van der Waals surface area contributed by atoms with E-state index < -0.39 is 21.5 Å². The fourth-order valence-corrected chi connectivity index (χ4v) is 6.77. The highest BCUT2D eigenvalue weighted by Gasteiger charge is 2.44. The van der Waals surface area contributed by atoms with Crippen molar-refractivity contribution in [1.29, 1.82) is 0 Å². The molecule has 8 heteroatoms. The maximum atomic E-state index is 11.9. The van der Waals surface area contributed by atoms with Gasteiger partial charge in [0.2, 0.25) is 5.69 Å². The van der Waals surface area contributed by atoms with Gasteiger partial charge in [-0.05, 0) is 69.5 Å². The number of unbranched alkanes of at least 4 members (excludes halogenated alkanes) is 2. The number of rotatable bonds is 11. The molecule has 0 amide bonds. The van der Waals surface area contributed by atoms with Crippen LogP contribution in [0.1, 0.15) is 83.4 Å². The molecule has 2 heterocycles. The van der Waals surface area contributed by atoms with Crippen molar-refractivity contribution in [3.05, 3.63) is 77.0 Å². The van der Waals surface area contributed by atoms with E-state index in [1.807, 2.05) is 0 Å². The predicted octanol–water partition coefficient (Wildman–Crippen LogP) is 6.91. The highest BCUT2D eigenvalue weighted by Crippen LogP contribution is 2.48. The minimum Gasteiger partial charge on any atom is -0.481 e. The Balaban J connectivity index is 1.73. The molecule has 0 spiro atoms. The van der Waals surface area contributed by atoms with E-state index in [9.17, 15) is 17.8 Å². The Morgan fingerprint density at radius 3 is 2.39 bits per heavy atom. The van der Waals surface area contributed by atoms with E-state index in [2.05, 4.69) is 87.4 Å². The number of carboxylic acids is 1. The van der Waals surface area contributed by atoms with Gasteiger partial charge in [-0.2, -0.15) is 13.0 Å². The minimum absolute atomic E-state index is 0.117. The number of carbonyl (C=O) groups is 1. The molecule has 0 aliphatic carbocycles. The Bertz CT molecular complexity index is 1550. The molecule has 2 aliphatic rings. The summed E-state index contributed by atoms with van der Waals surface area (Å²) in [5, 5.41) is 9.00. The number of hydrogen-bond acceptors (Lipinski definition) is 4. The Kier molecular flexibility index (Phi) is 8.67. The molecule has 41 heavy (non-hydrogen) atoms. The van der Waals surface area contributed by atoms with Crippen LogP contribution in [0.5, 0.6) is 0 Å². The summed E-state index contributed by atoms with van der Waals surface area (Å²) in [5.41, 5.74) is 7.16. The van der Waals surface area contributed by atoms with E-state index in [0.717, 1.165) is 42.8 Å². The molecule has 0 fully saturated rings. The molecule has 0 saturated carbocycles. The third kappa shape index (κ3) is 6.04. The molecular formula is C33H43N2O5S+. The topological polar surface area (TPSA) is 97.9 Å². The second kappa shape index (κ2) is 11.6. The maximum Gasteiger partial charge on any atom is 0.303 e. The third-order valence-corrected chi connectivity index (χ3v) is 9.29. The van der Waals surface area contributed by atoms with Gasteiger partial charge in [-0.25, -0.2) is 0 Å². The lowest BCUT2D eigenvalue weighted by atomic mass is 9.80. The van der Waals surface area contributed by atoms with Gasteiger partial charge >= 0.3 is 5.97 Å². The lowest BCUT2D eigenvalue weighted by Gasteiger charge is -2.27. The first-order valence-corrected chi connectivity index (χ1v) is 15.9. The second-order valence-corrected chi connectivity index (χ2v) is 13.7. The number of aryl methyl sites for hydroxylation is 1. The smallest absolute Gasteiger partial charge is 0.303 e. The van der Waals surface area contributed by atoms with E-state index in [1.165, 1.54) is 28.6 Å². The standard InChI is InChI=1S/C33H42N2O5S/c1-7-19-34-27-17-15-23(2)21-25(27)32(3,4)29(34)12-11-13-30-33(5,6)26-22-24(41(38,39)40)16-18-28(26)35(30)20-10-8-9-14-31(36)37/h11-13,15-18,21-22H,7-10,14,19-20H2,1-6H3,(H-,36,37,38,39,40)/p+1. The van der Waals surface area contributed by atoms with Crippen molar-refractivity contribution in [2.75, 3.05) is 18.0 Å². The van der Waals surface area contributed by atoms with Gasteiger partial charge in [0.25, 0.3) is 10.1 Å². The summed E-state index contributed by atoms with van der Waals surface area (Å²) < 4.78 is 36.0. The monoisotopic (exact) mass is 579 g/mol. The number of benzene rings is 2. The molecule has 0 atom stereocenters. The van der Waals surface area contributed by atoms with Crippen molar-refractivity contribution < 1.29 is 27.4 Å². The van der Waals surface area contributed by atoms with Crippen LogP contribution in [0.15, 0.2) is 65.2 Å². The number of hydrogen-bond donors (Lipinski definition) is 2. The van der Waals surface area contributed by atoms with Crippen molar-refractivity contribution in [1.82, 2.24) is 0 Å². The van der Waals surface area contributed by atoms with Crippen LogP contribution in [0.25, 0.3) is 0 Å². The Labute approximate surface area is 244 Å². The number of aliphatic carboxylic acids is 1. The number of allylic oxidation sites excluding steroid dienone is 4. The van der Waals surface area contributed by atoms with Crippen LogP contribution in [0.4, 0.5) is 11.4 Å². The van der Waals surface area contributed by atoms with Gasteiger partial charge in [0.1, 0.15) is 6.54 Å². The first kappa shape index (κ1) is 30.7. The highest BCUT2D eigenvalue weighted by atomic mass is 32.2. The molecule has 220 valence electrons. The van der Waals surface area contributed by atoms with Crippen LogP contribution < -0.4 is 4.90 Å². The molecule has 2 aromatic rings. The number of carboxylic acid groups (broad SMARTS) is 1. The summed E-state index contributed by atoms with van der Waals surface area (Å²) in [4.78, 5) is 13.0. The van der Waals surface area contributed by atoms with Crippen molar-refractivity contribution in [3.63, 3.8) is 0 Å². The molecule has 0 radical (unpaired) electrons. The van der Waals surface area contributed by atoms with Gasteiger partial charge in [0.05, 0.1) is 10.3 Å². The summed E-state index contributed by atoms with van der Waals surface area (Å²) in [7, 11) is -4.34. The Morgan fingerprint density at radius 2 is 1.73 bits per heavy atom. The zero-order valence-electron chi connectivity index (χ0n) is 25.1. The van der Waals surface area contributed by atoms with Crippen LogP contribution in [0.3, 0.4) is 0 Å². The predicted molar refractivity (Wildman–Crippen MR) is 164 cm³/mol. The summed E-state index contributed by atoms with van der Waals surface area (Å²) in [6, 6.07) is 11.4. The lowest BCUT2D eigenvalue weighted by molar-refractivity contribution is -0.437. The number of nitrogens with zero attached hydrogens (tertiary/aromatic N) is 2. The van der Waals surface area contributed by atoms with Crippen LogP contribution in [0.2, 0.25) is 0 Å². The quantitative estimate of drug-likeness (QED) is 0.171. The maximum absolute atomic E-state index is 11.9. The lowest BCUT2D eigenvalue weighted by Crippen LogP contribution is -2.28. The van der Waals surface area contributed by atoms with Crippen molar-refractivity contribution in [2.24, 2.45) is 0 Å². The molecule has 2 N–H and O–H groups in total. The van der Waals surface area contributed by atoms with E-state index in [0.29, 0.717) is 13.0 Å². The fraction of sp³-hybridized carbons (Fsp3) is 0.455. The molecule has 0 saturated heterocycles. The van der Waals surface area contributed by atoms with Crippen molar-refractivity contribution in [3.8, 4) is 0 Å². The van der Waals surface area contributed by atoms with Gasteiger partial charge in [0.15, 0.2) is 5.71 Å². The first-order valence-electron chi connectivity index (χ1n) is 14.5. The van der Waals surface area contributed by atoms with E-state index in [4.69, 9.17) is 5.11 Å². The Hall–Kier alpha value is -3.23. The molecule has 0 bridgehead atoms. The molecule has 0 unspecified atom stereocenters. The van der Waals surface area contributed by atoms with Crippen LogP contribution >= 0.6 is 0 Å². The Morgan fingerprint density at radius 1 is 1.00 bits per heavy atom. The summed E-state index contributed by atoms with van der Waals surface area (Å²) in [6.07, 6.45) is 9.78. The third-order valence-electron chi connectivity index (χ3n) is 8.44. The molecule has 0 aromatic heterocycles. The molecule has 2 aliphatic heterocycles. The minimum atomic E-state index is -4.34. The van der Waals surface area contributed by atoms with Gasteiger partial charge in [-0.1, -0.05) is 44.9 Å². The molecule has 2 aromatic carbocycles. The van der Waals surface area contributed by atoms with Gasteiger partial charge in [-0.15, -0.1) is 0 Å². The van der Waals surface area contributed by atoms with E-state index in [1.54, 1.807) is 12.1 Å². The molecular weight excluding hydrogens is 536 g/mol. The average Bonchev–Trinajstić information content (AvgIpc) is 3.22. The van der Waals surface area contributed by atoms with Crippen LogP contribution in [0, 0.1) is 6.92 Å². The van der Waals surface area contributed by atoms with E-state index in [-0.39, 0.29) is 16.7 Å². The zero-order chi connectivity index (χ0) is 30.2. The van der Waals surface area contributed by atoms with Crippen molar-refractivity contribution >= 4 is 33.2 Å². The number of fused-ring (bicyclic) bond motifs is 2.